The number of rotatable bonds is 6. The quantitative estimate of drug-likeness (QED) is 0.343. The third-order valence-corrected chi connectivity index (χ3v) is 7.01. The van der Waals surface area contributed by atoms with Gasteiger partial charge in [0, 0.05) is 60.1 Å². The van der Waals surface area contributed by atoms with Gasteiger partial charge in [0.2, 0.25) is 0 Å². The Bertz CT molecular complexity index is 633. The van der Waals surface area contributed by atoms with Crippen LogP contribution in [0.4, 0.5) is 0 Å². The number of halogens is 1. The fourth-order valence-electron chi connectivity index (χ4n) is 3.36. The summed E-state index contributed by atoms with van der Waals surface area (Å²) < 4.78 is 12.0. The van der Waals surface area contributed by atoms with Crippen LogP contribution in [0.25, 0.3) is 0 Å². The van der Waals surface area contributed by atoms with Crippen LogP contribution in [0.5, 0.6) is 0 Å². The smallest absolute Gasteiger partial charge is 0.191 e. The van der Waals surface area contributed by atoms with Gasteiger partial charge in [-0.25, -0.2) is 0 Å². The predicted octanol–water partition coefficient (Wildman–Crippen LogP) is 3.37. The lowest BCUT2D eigenvalue weighted by Crippen LogP contribution is -2.51. The van der Waals surface area contributed by atoms with Gasteiger partial charge < -0.3 is 10.6 Å². The molecule has 0 radical (unpaired) electrons. The van der Waals surface area contributed by atoms with E-state index < -0.39 is 10.8 Å². The van der Waals surface area contributed by atoms with E-state index in [0.29, 0.717) is 24.4 Å². The highest BCUT2D eigenvalue weighted by Crippen LogP contribution is 2.20. The third-order valence-electron chi connectivity index (χ3n) is 5.07. The van der Waals surface area contributed by atoms with E-state index in [1.165, 1.54) is 5.56 Å². The first kappa shape index (κ1) is 25.4. The first-order valence-electron chi connectivity index (χ1n) is 9.93. The monoisotopic (exact) mass is 520 g/mol. The van der Waals surface area contributed by atoms with Gasteiger partial charge in [0.25, 0.3) is 0 Å². The van der Waals surface area contributed by atoms with Crippen LogP contribution in [0.2, 0.25) is 0 Å². The molecule has 3 atom stereocenters. The Morgan fingerprint density at radius 3 is 2.54 bits per heavy atom. The van der Waals surface area contributed by atoms with Crippen molar-refractivity contribution < 1.29 is 4.21 Å². The van der Waals surface area contributed by atoms with E-state index >= 15 is 0 Å². The first-order chi connectivity index (χ1) is 12.8. The van der Waals surface area contributed by atoms with E-state index in [2.05, 4.69) is 57.8 Å². The SMILES string of the molecule is CN=C(NCCS(=O)C(C)(C)C)NC1CCN(Cc2ccccc2)C(C)C1.I. The Balaban J connectivity index is 0.00000392. The molecular formula is C21H37IN4OS. The van der Waals surface area contributed by atoms with Crippen LogP contribution in [0.1, 0.15) is 46.1 Å². The van der Waals surface area contributed by atoms with Gasteiger partial charge in [-0.15, -0.1) is 24.0 Å². The number of hydrogen-bond acceptors (Lipinski definition) is 3. The number of nitrogens with one attached hydrogen (secondary N) is 2. The van der Waals surface area contributed by atoms with Crippen molar-refractivity contribution in [2.75, 3.05) is 25.9 Å². The molecule has 0 bridgehead atoms. The van der Waals surface area contributed by atoms with Crippen molar-refractivity contribution in [1.29, 1.82) is 0 Å². The molecule has 1 aromatic rings. The van der Waals surface area contributed by atoms with Crippen molar-refractivity contribution in [1.82, 2.24) is 15.5 Å². The summed E-state index contributed by atoms with van der Waals surface area (Å²) >= 11 is 0. The van der Waals surface area contributed by atoms with E-state index in [4.69, 9.17) is 0 Å². The standard InChI is InChI=1S/C21H36N4OS.HI/c1-17-15-19(11-13-25(17)16-18-9-7-6-8-10-18)24-20(22-5)23-12-14-27(26)21(2,3)4;/h6-10,17,19H,11-16H2,1-5H3,(H2,22,23,24);1H. The molecule has 1 fully saturated rings. The molecule has 160 valence electrons. The highest BCUT2D eigenvalue weighted by atomic mass is 127. The van der Waals surface area contributed by atoms with Crippen LogP contribution in [0.3, 0.4) is 0 Å². The average Bonchev–Trinajstić information content (AvgIpc) is 2.63. The number of aliphatic imine (C=N–C) groups is 1. The van der Waals surface area contributed by atoms with E-state index in [1.807, 2.05) is 20.8 Å². The molecule has 1 aromatic carbocycles. The molecule has 3 unspecified atom stereocenters. The lowest BCUT2D eigenvalue weighted by atomic mass is 9.97. The fraction of sp³-hybridized carbons (Fsp3) is 0.667. The Hall–Kier alpha value is -0.670. The number of piperidine rings is 1. The summed E-state index contributed by atoms with van der Waals surface area (Å²) in [6.45, 7) is 11.1. The molecule has 1 saturated heterocycles. The molecule has 0 amide bonds. The first-order valence-corrected chi connectivity index (χ1v) is 11.2. The van der Waals surface area contributed by atoms with Gasteiger partial charge in [-0.2, -0.15) is 0 Å². The molecule has 1 heterocycles. The molecule has 0 spiro atoms. The highest BCUT2D eigenvalue weighted by molar-refractivity contribution is 14.0. The van der Waals surface area contributed by atoms with Crippen LogP contribution < -0.4 is 10.6 Å². The summed E-state index contributed by atoms with van der Waals surface area (Å²) in [7, 11) is 0.951. The molecule has 28 heavy (non-hydrogen) atoms. The minimum absolute atomic E-state index is 0. The maximum absolute atomic E-state index is 12.2. The molecular weight excluding hydrogens is 483 g/mol. The second-order valence-corrected chi connectivity index (χ2v) is 10.7. The Morgan fingerprint density at radius 2 is 1.96 bits per heavy atom. The predicted molar refractivity (Wildman–Crippen MR) is 132 cm³/mol. The fourth-order valence-corrected chi connectivity index (χ4v) is 4.26. The molecule has 2 rings (SSSR count). The largest absolute Gasteiger partial charge is 0.355 e. The topological polar surface area (TPSA) is 56.7 Å². The maximum Gasteiger partial charge on any atom is 0.191 e. The Kier molecular flexibility index (Phi) is 11.0. The van der Waals surface area contributed by atoms with E-state index in [-0.39, 0.29) is 28.7 Å². The summed E-state index contributed by atoms with van der Waals surface area (Å²) in [5.41, 5.74) is 1.38. The number of benzene rings is 1. The average molecular weight is 521 g/mol. The van der Waals surface area contributed by atoms with Crippen LogP contribution in [0, 0.1) is 0 Å². The van der Waals surface area contributed by atoms with E-state index in [0.717, 1.165) is 31.9 Å². The maximum atomic E-state index is 12.2. The summed E-state index contributed by atoms with van der Waals surface area (Å²) in [5.74, 6) is 1.45. The van der Waals surface area contributed by atoms with Crippen LogP contribution in [0.15, 0.2) is 35.3 Å². The summed E-state index contributed by atoms with van der Waals surface area (Å²) in [4.78, 5) is 6.89. The van der Waals surface area contributed by atoms with Crippen LogP contribution in [-0.2, 0) is 17.3 Å². The number of likely N-dealkylation sites (tertiary alicyclic amines) is 1. The van der Waals surface area contributed by atoms with Crippen LogP contribution >= 0.6 is 24.0 Å². The molecule has 1 aliphatic heterocycles. The molecule has 7 heteroatoms. The number of guanidine groups is 1. The molecule has 0 aromatic heterocycles. The van der Waals surface area contributed by atoms with Gasteiger partial charge >= 0.3 is 0 Å². The number of hydrogen-bond donors (Lipinski definition) is 2. The molecule has 0 saturated carbocycles. The molecule has 2 N–H and O–H groups in total. The Labute approximate surface area is 190 Å². The highest BCUT2D eigenvalue weighted by Gasteiger charge is 2.26. The van der Waals surface area contributed by atoms with E-state index in [1.54, 1.807) is 7.05 Å². The summed E-state index contributed by atoms with van der Waals surface area (Å²) in [6, 6.07) is 11.6. The second-order valence-electron chi connectivity index (χ2n) is 8.33. The van der Waals surface area contributed by atoms with E-state index in [9.17, 15) is 4.21 Å². The summed E-state index contributed by atoms with van der Waals surface area (Å²) in [6.07, 6.45) is 2.20. The lowest BCUT2D eigenvalue weighted by molar-refractivity contribution is 0.134. The van der Waals surface area contributed by atoms with Gasteiger partial charge in [-0.3, -0.25) is 14.1 Å². The third kappa shape index (κ3) is 8.37. The zero-order chi connectivity index (χ0) is 19.9. The minimum Gasteiger partial charge on any atom is -0.355 e. The molecule has 5 nitrogen and oxygen atoms in total. The van der Waals surface area contributed by atoms with Crippen molar-refractivity contribution in [3.8, 4) is 0 Å². The zero-order valence-corrected chi connectivity index (χ0v) is 21.1. The molecule has 1 aliphatic rings. The van der Waals surface area contributed by atoms with Gasteiger partial charge in [0.05, 0.1) is 0 Å². The van der Waals surface area contributed by atoms with Crippen molar-refractivity contribution in [3.63, 3.8) is 0 Å². The van der Waals surface area contributed by atoms with Crippen LogP contribution in [-0.4, -0.2) is 57.8 Å². The summed E-state index contributed by atoms with van der Waals surface area (Å²) in [5, 5.41) is 6.86. The normalized spacial score (nSPS) is 22.2. The minimum atomic E-state index is -0.844. The van der Waals surface area contributed by atoms with Gasteiger partial charge in [-0.1, -0.05) is 30.3 Å². The van der Waals surface area contributed by atoms with Crippen molar-refractivity contribution >= 4 is 40.7 Å². The Morgan fingerprint density at radius 1 is 1.29 bits per heavy atom. The van der Waals surface area contributed by atoms with Crippen molar-refractivity contribution in [2.24, 2.45) is 4.99 Å². The van der Waals surface area contributed by atoms with Gasteiger partial charge in [0.15, 0.2) is 5.96 Å². The van der Waals surface area contributed by atoms with Crippen molar-refractivity contribution in [3.05, 3.63) is 35.9 Å². The number of nitrogens with zero attached hydrogens (tertiary/aromatic N) is 2. The van der Waals surface area contributed by atoms with Crippen molar-refractivity contribution in [2.45, 2.75) is 63.9 Å². The second kappa shape index (κ2) is 12.1. The zero-order valence-electron chi connectivity index (χ0n) is 17.9. The van der Waals surface area contributed by atoms with Gasteiger partial charge in [-0.05, 0) is 46.1 Å². The molecule has 0 aliphatic carbocycles. The lowest BCUT2D eigenvalue weighted by Gasteiger charge is -2.38. The van der Waals surface area contributed by atoms with Gasteiger partial charge in [0.1, 0.15) is 0 Å².